The number of halogens is 1. The molecule has 132 valence electrons. The summed E-state index contributed by atoms with van der Waals surface area (Å²) < 4.78 is 9.32. The molecule has 0 aliphatic rings. The summed E-state index contributed by atoms with van der Waals surface area (Å²) in [6.07, 6.45) is 7.44. The van der Waals surface area contributed by atoms with Gasteiger partial charge < -0.3 is 13.9 Å². The van der Waals surface area contributed by atoms with E-state index in [1.165, 1.54) is 0 Å². The molecular weight excluding hydrogens is 350 g/mol. The van der Waals surface area contributed by atoms with Crippen LogP contribution in [0.1, 0.15) is 5.69 Å². The smallest absolute Gasteiger partial charge is 0.159 e. The summed E-state index contributed by atoms with van der Waals surface area (Å²) in [5.74, 6) is 0.821. The topological polar surface area (TPSA) is 57.8 Å². The summed E-state index contributed by atoms with van der Waals surface area (Å²) in [6, 6.07) is 9.68. The molecule has 0 atom stereocenters. The molecule has 7 heteroatoms. The average Bonchev–Trinajstić information content (AvgIpc) is 3.29. The van der Waals surface area contributed by atoms with Gasteiger partial charge in [0.25, 0.3) is 0 Å². The van der Waals surface area contributed by atoms with Crippen LogP contribution in [0.3, 0.4) is 0 Å². The Hall–Kier alpha value is -2.70. The van der Waals surface area contributed by atoms with E-state index in [1.54, 1.807) is 13.3 Å². The molecule has 4 rings (SSSR count). The average molecular weight is 368 g/mol. The molecule has 0 saturated carbocycles. The van der Waals surface area contributed by atoms with Gasteiger partial charge >= 0.3 is 0 Å². The highest BCUT2D eigenvalue weighted by Crippen LogP contribution is 2.23. The highest BCUT2D eigenvalue weighted by Gasteiger charge is 2.11. The number of nitrogens with zero attached hydrogens (tertiary/aromatic N) is 5. The van der Waals surface area contributed by atoms with Gasteiger partial charge in [-0.25, -0.2) is 15.0 Å². The van der Waals surface area contributed by atoms with Gasteiger partial charge in [-0.1, -0.05) is 17.7 Å². The third kappa shape index (κ3) is 3.34. The summed E-state index contributed by atoms with van der Waals surface area (Å²) in [7, 11) is 1.70. The monoisotopic (exact) mass is 367 g/mol. The third-order valence-corrected chi connectivity index (χ3v) is 4.50. The molecule has 3 aromatic heterocycles. The SMILES string of the molecule is COCCn1cncc1Cn1ccnc1-c1ccc2cc(Cl)ccc2n1. The van der Waals surface area contributed by atoms with Crippen LogP contribution in [-0.2, 0) is 17.8 Å². The van der Waals surface area contributed by atoms with Crippen LogP contribution in [-0.4, -0.2) is 37.8 Å². The lowest BCUT2D eigenvalue weighted by Gasteiger charge is -2.11. The van der Waals surface area contributed by atoms with Gasteiger partial charge in [0.2, 0.25) is 0 Å². The maximum Gasteiger partial charge on any atom is 0.159 e. The van der Waals surface area contributed by atoms with Crippen molar-refractivity contribution < 1.29 is 4.74 Å². The van der Waals surface area contributed by atoms with Crippen LogP contribution in [0.25, 0.3) is 22.4 Å². The molecule has 0 N–H and O–H groups in total. The molecule has 0 fully saturated rings. The number of rotatable bonds is 6. The van der Waals surface area contributed by atoms with E-state index in [2.05, 4.69) is 19.1 Å². The number of hydrogen-bond donors (Lipinski definition) is 0. The second-order valence-electron chi connectivity index (χ2n) is 5.98. The third-order valence-electron chi connectivity index (χ3n) is 4.26. The molecule has 0 radical (unpaired) electrons. The van der Waals surface area contributed by atoms with Crippen LogP contribution < -0.4 is 0 Å². The van der Waals surface area contributed by atoms with Crippen molar-refractivity contribution in [3.8, 4) is 11.5 Å². The second-order valence-corrected chi connectivity index (χ2v) is 6.42. The Bertz CT molecular complexity index is 1040. The Balaban J connectivity index is 1.65. The zero-order chi connectivity index (χ0) is 17.9. The lowest BCUT2D eigenvalue weighted by Crippen LogP contribution is -2.10. The molecule has 4 aromatic rings. The van der Waals surface area contributed by atoms with Crippen LogP contribution in [0.5, 0.6) is 0 Å². The van der Waals surface area contributed by atoms with E-state index in [0.717, 1.165) is 34.7 Å². The van der Waals surface area contributed by atoms with Crippen molar-refractivity contribution in [1.82, 2.24) is 24.1 Å². The first-order valence-corrected chi connectivity index (χ1v) is 8.68. The zero-order valence-electron chi connectivity index (χ0n) is 14.3. The lowest BCUT2D eigenvalue weighted by atomic mass is 10.2. The molecule has 3 heterocycles. The Morgan fingerprint density at radius 3 is 2.96 bits per heavy atom. The van der Waals surface area contributed by atoms with Crippen molar-refractivity contribution in [2.75, 3.05) is 13.7 Å². The molecule has 1 aromatic carbocycles. The van der Waals surface area contributed by atoms with Crippen LogP contribution in [0.15, 0.2) is 55.2 Å². The maximum atomic E-state index is 6.05. The van der Waals surface area contributed by atoms with E-state index in [9.17, 15) is 0 Å². The van der Waals surface area contributed by atoms with Gasteiger partial charge in [-0.15, -0.1) is 0 Å². The summed E-state index contributed by atoms with van der Waals surface area (Å²) in [6.45, 7) is 2.08. The molecule has 0 aliphatic heterocycles. The van der Waals surface area contributed by atoms with Crippen LogP contribution in [0.2, 0.25) is 5.02 Å². The first-order chi connectivity index (χ1) is 12.7. The van der Waals surface area contributed by atoms with Gasteiger partial charge in [0, 0.05) is 42.7 Å². The Labute approximate surface area is 156 Å². The first-order valence-electron chi connectivity index (χ1n) is 8.30. The van der Waals surface area contributed by atoms with Gasteiger partial charge in [0.1, 0.15) is 5.69 Å². The maximum absolute atomic E-state index is 6.05. The summed E-state index contributed by atoms with van der Waals surface area (Å²) in [5.41, 5.74) is 2.81. The number of pyridine rings is 1. The first kappa shape index (κ1) is 16.8. The van der Waals surface area contributed by atoms with Crippen molar-refractivity contribution in [3.63, 3.8) is 0 Å². The van der Waals surface area contributed by atoms with Gasteiger partial charge in [0.15, 0.2) is 5.82 Å². The largest absolute Gasteiger partial charge is 0.383 e. The van der Waals surface area contributed by atoms with E-state index < -0.39 is 0 Å². The molecule has 0 bridgehead atoms. The molecular formula is C19H18ClN5O. The van der Waals surface area contributed by atoms with Gasteiger partial charge in [0.05, 0.1) is 30.7 Å². The van der Waals surface area contributed by atoms with Gasteiger partial charge in [-0.3, -0.25) is 0 Å². The lowest BCUT2D eigenvalue weighted by molar-refractivity contribution is 0.186. The van der Waals surface area contributed by atoms with Crippen LogP contribution in [0, 0.1) is 0 Å². The summed E-state index contributed by atoms with van der Waals surface area (Å²) in [5, 5.41) is 1.72. The summed E-state index contributed by atoms with van der Waals surface area (Å²) >= 11 is 6.05. The molecule has 0 spiro atoms. The van der Waals surface area contributed by atoms with E-state index in [4.69, 9.17) is 21.3 Å². The highest BCUT2D eigenvalue weighted by atomic mass is 35.5. The number of methoxy groups -OCH3 is 1. The minimum absolute atomic E-state index is 0.648. The fourth-order valence-corrected chi connectivity index (χ4v) is 3.12. The molecule has 0 amide bonds. The Kier molecular flexibility index (Phi) is 4.69. The number of benzene rings is 1. The standard InChI is InChI=1S/C19H18ClN5O/c1-26-9-8-25-13-21-11-16(25)12-24-7-6-22-19(24)18-4-2-14-10-15(20)3-5-17(14)23-18/h2-7,10-11,13H,8-9,12H2,1H3. The van der Waals surface area contributed by atoms with E-state index >= 15 is 0 Å². The van der Waals surface area contributed by atoms with Crippen molar-refractivity contribution in [2.24, 2.45) is 0 Å². The fourth-order valence-electron chi connectivity index (χ4n) is 2.94. The highest BCUT2D eigenvalue weighted by molar-refractivity contribution is 6.31. The Morgan fingerprint density at radius 1 is 1.15 bits per heavy atom. The molecule has 0 aliphatic carbocycles. The predicted molar refractivity (Wildman–Crippen MR) is 101 cm³/mol. The normalized spacial score (nSPS) is 11.3. The van der Waals surface area contributed by atoms with Crippen molar-refractivity contribution in [2.45, 2.75) is 13.1 Å². The fraction of sp³-hybridized carbons (Fsp3) is 0.211. The van der Waals surface area contributed by atoms with E-state index in [-0.39, 0.29) is 0 Å². The minimum Gasteiger partial charge on any atom is -0.383 e. The number of ether oxygens (including phenoxy) is 1. The van der Waals surface area contributed by atoms with E-state index in [1.807, 2.05) is 49.1 Å². The minimum atomic E-state index is 0.648. The number of hydrogen-bond acceptors (Lipinski definition) is 4. The van der Waals surface area contributed by atoms with Crippen molar-refractivity contribution in [1.29, 1.82) is 0 Å². The molecule has 0 saturated heterocycles. The molecule has 6 nitrogen and oxygen atoms in total. The van der Waals surface area contributed by atoms with Crippen molar-refractivity contribution in [3.05, 3.63) is 66.0 Å². The predicted octanol–water partition coefficient (Wildman–Crippen LogP) is 3.64. The molecule has 26 heavy (non-hydrogen) atoms. The van der Waals surface area contributed by atoms with Gasteiger partial charge in [-0.2, -0.15) is 0 Å². The second kappa shape index (κ2) is 7.27. The van der Waals surface area contributed by atoms with Crippen LogP contribution >= 0.6 is 11.6 Å². The number of fused-ring (bicyclic) bond motifs is 1. The van der Waals surface area contributed by atoms with Crippen molar-refractivity contribution >= 4 is 22.5 Å². The van der Waals surface area contributed by atoms with Gasteiger partial charge in [-0.05, 0) is 24.3 Å². The Morgan fingerprint density at radius 2 is 2.08 bits per heavy atom. The number of aromatic nitrogens is 5. The summed E-state index contributed by atoms with van der Waals surface area (Å²) in [4.78, 5) is 13.5. The van der Waals surface area contributed by atoms with E-state index in [0.29, 0.717) is 18.2 Å². The number of imidazole rings is 2. The molecule has 0 unspecified atom stereocenters. The quantitative estimate of drug-likeness (QED) is 0.522. The zero-order valence-corrected chi connectivity index (χ0v) is 15.1. The van der Waals surface area contributed by atoms with Crippen LogP contribution in [0.4, 0.5) is 0 Å².